The monoisotopic (exact) mass is 159 g/mol. The maximum Gasteiger partial charge on any atom is 0.124 e. The van der Waals surface area contributed by atoms with Gasteiger partial charge in [-0.1, -0.05) is 0 Å². The minimum Gasteiger partial charge on any atom is -0.384 e. The van der Waals surface area contributed by atoms with Crippen molar-refractivity contribution < 1.29 is 0 Å². The van der Waals surface area contributed by atoms with Gasteiger partial charge >= 0.3 is 0 Å². The highest BCUT2D eigenvalue weighted by Crippen LogP contribution is 2.14. The lowest BCUT2D eigenvalue weighted by molar-refractivity contribution is 1.22. The van der Waals surface area contributed by atoms with Gasteiger partial charge in [0.25, 0.3) is 0 Å². The van der Waals surface area contributed by atoms with Crippen LogP contribution in [0.25, 0.3) is 10.9 Å². The summed E-state index contributed by atoms with van der Waals surface area (Å²) in [5.74, 6) is 0.549. The van der Waals surface area contributed by atoms with E-state index in [9.17, 15) is 0 Å². The van der Waals surface area contributed by atoms with Gasteiger partial charge in [-0.3, -0.25) is 4.98 Å². The van der Waals surface area contributed by atoms with Crippen LogP contribution in [0, 0.1) is 6.92 Å². The lowest BCUT2D eigenvalue weighted by Gasteiger charge is -1.99. The van der Waals surface area contributed by atoms with Crippen molar-refractivity contribution in [3.63, 3.8) is 0 Å². The molecule has 0 saturated heterocycles. The number of aryl methyl sites for hydroxylation is 1. The molecule has 0 aliphatic rings. The Balaban J connectivity index is 2.86. The molecule has 0 aliphatic carbocycles. The summed E-state index contributed by atoms with van der Waals surface area (Å²) in [5.41, 5.74) is 7.43. The molecule has 0 atom stereocenters. The maximum absolute atomic E-state index is 5.54. The number of aromatic nitrogens is 2. The molecule has 0 unspecified atom stereocenters. The second kappa shape index (κ2) is 2.44. The van der Waals surface area contributed by atoms with Crippen LogP contribution in [0.1, 0.15) is 5.69 Å². The van der Waals surface area contributed by atoms with E-state index in [-0.39, 0.29) is 0 Å². The van der Waals surface area contributed by atoms with Crippen LogP contribution in [0.4, 0.5) is 5.82 Å². The van der Waals surface area contributed by atoms with Gasteiger partial charge in [-0.05, 0) is 25.1 Å². The minimum atomic E-state index is 0.549. The van der Waals surface area contributed by atoms with E-state index in [1.807, 2.05) is 19.1 Å². The predicted octanol–water partition coefficient (Wildman–Crippen LogP) is 1.52. The van der Waals surface area contributed by atoms with Crippen molar-refractivity contribution in [2.75, 3.05) is 5.73 Å². The van der Waals surface area contributed by atoms with Gasteiger partial charge in [0.1, 0.15) is 5.82 Å². The standard InChI is InChI=1S/C9H9N3/c1-6-7-2-3-9(10)12-8(7)4-5-11-6/h2-5H,1H3,(H2,10,12). The Morgan fingerprint density at radius 2 is 2.08 bits per heavy atom. The number of hydrogen-bond acceptors (Lipinski definition) is 3. The number of nitrogen functional groups attached to an aromatic ring is 1. The summed E-state index contributed by atoms with van der Waals surface area (Å²) in [6.45, 7) is 1.96. The Kier molecular flexibility index (Phi) is 1.43. The number of pyridine rings is 2. The van der Waals surface area contributed by atoms with Crippen molar-refractivity contribution in [3.8, 4) is 0 Å². The Bertz CT molecular complexity index is 423. The fraction of sp³-hybridized carbons (Fsp3) is 0.111. The molecule has 0 amide bonds. The van der Waals surface area contributed by atoms with E-state index in [2.05, 4.69) is 9.97 Å². The predicted molar refractivity (Wildman–Crippen MR) is 48.7 cm³/mol. The van der Waals surface area contributed by atoms with Crippen LogP contribution in [-0.2, 0) is 0 Å². The van der Waals surface area contributed by atoms with Gasteiger partial charge < -0.3 is 5.73 Å². The van der Waals surface area contributed by atoms with E-state index in [1.165, 1.54) is 0 Å². The third-order valence-electron chi connectivity index (χ3n) is 1.84. The molecule has 3 nitrogen and oxygen atoms in total. The fourth-order valence-corrected chi connectivity index (χ4v) is 1.21. The first-order valence-electron chi connectivity index (χ1n) is 3.75. The van der Waals surface area contributed by atoms with Crippen LogP contribution in [-0.4, -0.2) is 9.97 Å². The van der Waals surface area contributed by atoms with Crippen molar-refractivity contribution >= 4 is 16.7 Å². The molecule has 2 heterocycles. The number of rotatable bonds is 0. The highest BCUT2D eigenvalue weighted by Gasteiger charge is 1.97. The molecule has 0 aromatic carbocycles. The summed E-state index contributed by atoms with van der Waals surface area (Å²) in [6, 6.07) is 5.59. The van der Waals surface area contributed by atoms with E-state index >= 15 is 0 Å². The molecule has 60 valence electrons. The number of hydrogen-bond donors (Lipinski definition) is 1. The topological polar surface area (TPSA) is 51.8 Å². The molecule has 0 bridgehead atoms. The zero-order valence-electron chi connectivity index (χ0n) is 6.78. The molecular formula is C9H9N3. The average Bonchev–Trinajstić information content (AvgIpc) is 2.04. The van der Waals surface area contributed by atoms with Gasteiger partial charge in [-0.25, -0.2) is 4.98 Å². The summed E-state index contributed by atoms with van der Waals surface area (Å²) in [6.07, 6.45) is 1.74. The van der Waals surface area contributed by atoms with Gasteiger partial charge in [0.2, 0.25) is 0 Å². The molecule has 2 aromatic rings. The first-order chi connectivity index (χ1) is 5.77. The van der Waals surface area contributed by atoms with Crippen molar-refractivity contribution in [2.24, 2.45) is 0 Å². The molecule has 0 saturated carbocycles. The van der Waals surface area contributed by atoms with Crippen LogP contribution < -0.4 is 5.73 Å². The van der Waals surface area contributed by atoms with E-state index in [1.54, 1.807) is 12.3 Å². The summed E-state index contributed by atoms with van der Waals surface area (Å²) >= 11 is 0. The molecule has 0 spiro atoms. The van der Waals surface area contributed by atoms with Crippen molar-refractivity contribution in [3.05, 3.63) is 30.1 Å². The number of anilines is 1. The summed E-state index contributed by atoms with van der Waals surface area (Å²) in [5, 5.41) is 1.06. The normalized spacial score (nSPS) is 10.4. The van der Waals surface area contributed by atoms with Gasteiger partial charge in [0, 0.05) is 17.3 Å². The molecule has 2 aromatic heterocycles. The second-order valence-electron chi connectivity index (χ2n) is 2.70. The third kappa shape index (κ3) is 0.993. The number of nitrogens with two attached hydrogens (primary N) is 1. The smallest absolute Gasteiger partial charge is 0.124 e. The molecule has 2 N–H and O–H groups in total. The SMILES string of the molecule is Cc1nccc2nc(N)ccc12. The van der Waals surface area contributed by atoms with E-state index in [0.717, 1.165) is 16.6 Å². The maximum atomic E-state index is 5.54. The summed E-state index contributed by atoms with van der Waals surface area (Å²) < 4.78 is 0. The van der Waals surface area contributed by atoms with Gasteiger partial charge in [0.05, 0.1) is 5.52 Å². The van der Waals surface area contributed by atoms with Gasteiger partial charge in [-0.15, -0.1) is 0 Å². The average molecular weight is 159 g/mol. The molecule has 0 aliphatic heterocycles. The molecule has 0 radical (unpaired) electrons. The Hall–Kier alpha value is -1.64. The van der Waals surface area contributed by atoms with Crippen molar-refractivity contribution in [1.82, 2.24) is 9.97 Å². The zero-order valence-corrected chi connectivity index (χ0v) is 6.78. The van der Waals surface area contributed by atoms with Crippen LogP contribution in [0.2, 0.25) is 0 Å². The molecule has 12 heavy (non-hydrogen) atoms. The molecule has 2 rings (SSSR count). The third-order valence-corrected chi connectivity index (χ3v) is 1.84. The number of fused-ring (bicyclic) bond motifs is 1. The van der Waals surface area contributed by atoms with Crippen LogP contribution in [0.3, 0.4) is 0 Å². The minimum absolute atomic E-state index is 0.549. The first-order valence-corrected chi connectivity index (χ1v) is 3.75. The lowest BCUT2D eigenvalue weighted by atomic mass is 10.2. The molecule has 3 heteroatoms. The largest absolute Gasteiger partial charge is 0.384 e. The van der Waals surface area contributed by atoms with E-state index in [0.29, 0.717) is 5.82 Å². The zero-order chi connectivity index (χ0) is 8.55. The summed E-state index contributed by atoms with van der Waals surface area (Å²) in [7, 11) is 0. The lowest BCUT2D eigenvalue weighted by Crippen LogP contribution is -1.91. The van der Waals surface area contributed by atoms with Crippen LogP contribution in [0.15, 0.2) is 24.4 Å². The van der Waals surface area contributed by atoms with Gasteiger partial charge in [0.15, 0.2) is 0 Å². The van der Waals surface area contributed by atoms with E-state index in [4.69, 9.17) is 5.73 Å². The van der Waals surface area contributed by atoms with Crippen molar-refractivity contribution in [1.29, 1.82) is 0 Å². The highest BCUT2D eigenvalue weighted by atomic mass is 14.8. The number of nitrogens with zero attached hydrogens (tertiary/aromatic N) is 2. The van der Waals surface area contributed by atoms with E-state index < -0.39 is 0 Å². The van der Waals surface area contributed by atoms with Gasteiger partial charge in [-0.2, -0.15) is 0 Å². The first kappa shape index (κ1) is 7.03. The van der Waals surface area contributed by atoms with Crippen LogP contribution >= 0.6 is 0 Å². The van der Waals surface area contributed by atoms with Crippen molar-refractivity contribution in [2.45, 2.75) is 6.92 Å². The fourth-order valence-electron chi connectivity index (χ4n) is 1.21. The Labute approximate surface area is 70.3 Å². The Morgan fingerprint density at radius 1 is 1.25 bits per heavy atom. The molecule has 0 fully saturated rings. The highest BCUT2D eigenvalue weighted by molar-refractivity contribution is 5.81. The summed E-state index contributed by atoms with van der Waals surface area (Å²) in [4.78, 5) is 8.33. The second-order valence-corrected chi connectivity index (χ2v) is 2.70. The quantitative estimate of drug-likeness (QED) is 0.634. The Morgan fingerprint density at radius 3 is 2.92 bits per heavy atom. The van der Waals surface area contributed by atoms with Crippen LogP contribution in [0.5, 0.6) is 0 Å². The molecular weight excluding hydrogens is 150 g/mol.